The topological polar surface area (TPSA) is 50.6 Å². The van der Waals surface area contributed by atoms with Gasteiger partial charge in [-0.05, 0) is 32.2 Å². The molecule has 6 heteroatoms. The number of benzene rings is 2. The molecule has 0 aliphatic rings. The lowest BCUT2D eigenvalue weighted by Gasteiger charge is -2.22. The third-order valence-corrected chi connectivity index (χ3v) is 4.78. The number of aromatic nitrogens is 2. The van der Waals surface area contributed by atoms with Gasteiger partial charge in [0, 0.05) is 37.5 Å². The summed E-state index contributed by atoms with van der Waals surface area (Å²) in [4.78, 5) is 16.4. The minimum atomic E-state index is 0.0616. The van der Waals surface area contributed by atoms with E-state index in [9.17, 15) is 4.79 Å². The normalized spacial score (nSPS) is 10.9. The summed E-state index contributed by atoms with van der Waals surface area (Å²) in [6.45, 7) is 3.56. The van der Waals surface area contributed by atoms with E-state index < -0.39 is 0 Å². The van der Waals surface area contributed by atoms with E-state index in [1.54, 1.807) is 18.2 Å². The van der Waals surface area contributed by atoms with Crippen LogP contribution >= 0.6 is 0 Å². The number of nitrogens with zero attached hydrogens (tertiary/aromatic N) is 4. The van der Waals surface area contributed by atoms with Crippen LogP contribution in [-0.2, 0) is 17.9 Å². The van der Waals surface area contributed by atoms with Gasteiger partial charge in [-0.15, -0.1) is 0 Å². The van der Waals surface area contributed by atoms with Gasteiger partial charge in [0.15, 0.2) is 0 Å². The van der Waals surface area contributed by atoms with Gasteiger partial charge in [-0.25, -0.2) is 4.68 Å². The first kappa shape index (κ1) is 20.6. The summed E-state index contributed by atoms with van der Waals surface area (Å²) in [5.74, 6) is 0.906. The molecule has 0 saturated carbocycles. The molecule has 0 N–H and O–H groups in total. The van der Waals surface area contributed by atoms with E-state index in [-0.39, 0.29) is 5.91 Å². The van der Waals surface area contributed by atoms with Crippen molar-refractivity contribution in [3.05, 3.63) is 77.6 Å². The number of hydrogen-bond acceptors (Lipinski definition) is 4. The van der Waals surface area contributed by atoms with E-state index in [0.717, 1.165) is 22.6 Å². The van der Waals surface area contributed by atoms with Crippen LogP contribution in [0.1, 0.15) is 16.7 Å². The first-order valence-corrected chi connectivity index (χ1v) is 9.61. The van der Waals surface area contributed by atoms with E-state index in [4.69, 9.17) is 4.74 Å². The summed E-state index contributed by atoms with van der Waals surface area (Å²) in [5, 5.41) is 4.40. The number of ether oxygens (including phenoxy) is 1. The minimum absolute atomic E-state index is 0.0616. The van der Waals surface area contributed by atoms with Gasteiger partial charge in [0.1, 0.15) is 5.75 Å². The second-order valence-electron chi connectivity index (χ2n) is 7.37. The number of rotatable bonds is 8. The van der Waals surface area contributed by atoms with Crippen molar-refractivity contribution in [3.8, 4) is 11.4 Å². The zero-order valence-electron chi connectivity index (χ0n) is 17.5. The lowest BCUT2D eigenvalue weighted by atomic mass is 10.1. The fraction of sp³-hybridized carbons (Fsp3) is 0.304. The van der Waals surface area contributed by atoms with Gasteiger partial charge in [0.05, 0.1) is 25.5 Å². The van der Waals surface area contributed by atoms with Gasteiger partial charge in [-0.3, -0.25) is 9.69 Å². The Morgan fingerprint density at radius 3 is 2.59 bits per heavy atom. The highest BCUT2D eigenvalue weighted by Gasteiger charge is 2.15. The Hall–Kier alpha value is -3.12. The molecule has 0 aliphatic carbocycles. The summed E-state index contributed by atoms with van der Waals surface area (Å²) >= 11 is 0. The van der Waals surface area contributed by atoms with E-state index >= 15 is 0 Å². The SMILES string of the molecule is COc1ccc(C)cc1CN(C)CC(=O)N(C)Cc1cnn(-c2ccccc2)c1. The molecule has 152 valence electrons. The zero-order chi connectivity index (χ0) is 20.8. The first-order valence-electron chi connectivity index (χ1n) is 9.61. The average Bonchev–Trinajstić information content (AvgIpc) is 3.17. The van der Waals surface area contributed by atoms with Gasteiger partial charge in [-0.1, -0.05) is 35.9 Å². The lowest BCUT2D eigenvalue weighted by molar-refractivity contribution is -0.131. The average molecular weight is 393 g/mol. The van der Waals surface area contributed by atoms with Crippen molar-refractivity contribution in [3.63, 3.8) is 0 Å². The molecule has 0 spiro atoms. The van der Waals surface area contributed by atoms with E-state index in [0.29, 0.717) is 19.6 Å². The minimum Gasteiger partial charge on any atom is -0.496 e. The van der Waals surface area contributed by atoms with Crippen molar-refractivity contribution in [2.24, 2.45) is 0 Å². The molecule has 0 unspecified atom stereocenters. The molecule has 0 radical (unpaired) electrons. The van der Waals surface area contributed by atoms with Gasteiger partial charge in [0.2, 0.25) is 5.91 Å². The van der Waals surface area contributed by atoms with Crippen LogP contribution in [0.15, 0.2) is 60.9 Å². The maximum absolute atomic E-state index is 12.7. The maximum atomic E-state index is 12.7. The van der Waals surface area contributed by atoms with Gasteiger partial charge >= 0.3 is 0 Å². The summed E-state index contributed by atoms with van der Waals surface area (Å²) in [6.07, 6.45) is 3.76. The molecule has 1 heterocycles. The molecule has 0 atom stereocenters. The Morgan fingerprint density at radius 2 is 1.86 bits per heavy atom. The second-order valence-corrected chi connectivity index (χ2v) is 7.37. The van der Waals surface area contributed by atoms with Crippen molar-refractivity contribution in [2.45, 2.75) is 20.0 Å². The summed E-state index contributed by atoms with van der Waals surface area (Å²) in [5.41, 5.74) is 4.25. The monoisotopic (exact) mass is 392 g/mol. The van der Waals surface area contributed by atoms with Crippen molar-refractivity contribution in [1.29, 1.82) is 0 Å². The molecule has 0 aliphatic heterocycles. The molecule has 3 rings (SSSR count). The Kier molecular flexibility index (Phi) is 6.67. The third kappa shape index (κ3) is 5.45. The molecule has 0 bridgehead atoms. The Morgan fingerprint density at radius 1 is 1.10 bits per heavy atom. The Balaban J connectivity index is 1.57. The van der Waals surface area contributed by atoms with Crippen molar-refractivity contribution in [1.82, 2.24) is 19.6 Å². The fourth-order valence-electron chi connectivity index (χ4n) is 3.25. The van der Waals surface area contributed by atoms with Crippen molar-refractivity contribution in [2.75, 3.05) is 27.7 Å². The van der Waals surface area contributed by atoms with Crippen LogP contribution < -0.4 is 4.74 Å². The smallest absolute Gasteiger partial charge is 0.236 e. The number of hydrogen-bond donors (Lipinski definition) is 0. The van der Waals surface area contributed by atoms with Crippen LogP contribution in [0, 0.1) is 6.92 Å². The Bertz CT molecular complexity index is 953. The fourth-order valence-corrected chi connectivity index (χ4v) is 3.25. The van der Waals surface area contributed by atoms with Gasteiger partial charge in [0.25, 0.3) is 0 Å². The van der Waals surface area contributed by atoms with Gasteiger partial charge < -0.3 is 9.64 Å². The molecular weight excluding hydrogens is 364 g/mol. The number of aryl methyl sites for hydroxylation is 1. The van der Waals surface area contributed by atoms with Crippen LogP contribution in [0.5, 0.6) is 5.75 Å². The van der Waals surface area contributed by atoms with Crippen LogP contribution in [0.3, 0.4) is 0 Å². The van der Waals surface area contributed by atoms with Crippen LogP contribution in [0.25, 0.3) is 5.69 Å². The van der Waals surface area contributed by atoms with E-state index in [2.05, 4.69) is 18.1 Å². The van der Waals surface area contributed by atoms with Crippen molar-refractivity contribution >= 4 is 5.91 Å². The highest BCUT2D eigenvalue weighted by Crippen LogP contribution is 2.21. The number of carbonyl (C=O) groups excluding carboxylic acids is 1. The predicted molar refractivity (Wildman–Crippen MR) is 114 cm³/mol. The quantitative estimate of drug-likeness (QED) is 0.590. The Labute approximate surface area is 172 Å². The molecule has 0 saturated heterocycles. The molecule has 2 aromatic carbocycles. The number of carbonyl (C=O) groups is 1. The summed E-state index contributed by atoms with van der Waals surface area (Å²) < 4.78 is 7.26. The molecule has 3 aromatic rings. The molecule has 1 aromatic heterocycles. The highest BCUT2D eigenvalue weighted by atomic mass is 16.5. The zero-order valence-corrected chi connectivity index (χ0v) is 17.5. The van der Waals surface area contributed by atoms with Crippen LogP contribution in [0.4, 0.5) is 0 Å². The van der Waals surface area contributed by atoms with Crippen LogP contribution in [0.2, 0.25) is 0 Å². The molecular formula is C23H28N4O2. The number of para-hydroxylation sites is 1. The predicted octanol–water partition coefficient (Wildman–Crippen LogP) is 3.28. The summed E-state index contributed by atoms with van der Waals surface area (Å²) in [6, 6.07) is 16.0. The maximum Gasteiger partial charge on any atom is 0.236 e. The number of methoxy groups -OCH3 is 1. The molecule has 29 heavy (non-hydrogen) atoms. The van der Waals surface area contributed by atoms with E-state index in [1.165, 1.54) is 5.56 Å². The molecule has 6 nitrogen and oxygen atoms in total. The first-order chi connectivity index (χ1) is 14.0. The highest BCUT2D eigenvalue weighted by molar-refractivity contribution is 5.78. The van der Waals surface area contributed by atoms with Crippen LogP contribution in [-0.4, -0.2) is 53.2 Å². The summed E-state index contributed by atoms with van der Waals surface area (Å²) in [7, 11) is 5.44. The standard InChI is InChI=1S/C23H28N4O2/c1-18-10-11-22(29-4)20(12-18)16-25(2)17-23(28)26(3)14-19-13-24-27(15-19)21-8-6-5-7-9-21/h5-13,15H,14,16-17H2,1-4H3. The molecule has 0 fully saturated rings. The van der Waals surface area contributed by atoms with Crippen molar-refractivity contribution < 1.29 is 9.53 Å². The van der Waals surface area contributed by atoms with Gasteiger partial charge in [-0.2, -0.15) is 5.10 Å². The molecule has 1 amide bonds. The second kappa shape index (κ2) is 9.39. The number of likely N-dealkylation sites (N-methyl/N-ethyl adjacent to an activating group) is 2. The lowest BCUT2D eigenvalue weighted by Crippen LogP contribution is -2.36. The largest absolute Gasteiger partial charge is 0.496 e. The third-order valence-electron chi connectivity index (χ3n) is 4.78. The van der Waals surface area contributed by atoms with E-state index in [1.807, 2.05) is 72.3 Å². The number of amides is 1.